The monoisotopic (exact) mass is 409 g/mol. The molecule has 1 aliphatic carbocycles. The van der Waals surface area contributed by atoms with Gasteiger partial charge in [0.05, 0.1) is 11.9 Å². The van der Waals surface area contributed by atoms with Gasteiger partial charge in [0, 0.05) is 10.9 Å². The molecule has 2 heterocycles. The van der Waals surface area contributed by atoms with Crippen molar-refractivity contribution < 1.29 is 0 Å². The normalized spacial score (nSPS) is 15.8. The van der Waals surface area contributed by atoms with E-state index in [9.17, 15) is 4.79 Å². The number of aromatic amines is 1. The van der Waals surface area contributed by atoms with Crippen LogP contribution in [0.25, 0.3) is 10.2 Å². The number of nitrogens with zero attached hydrogens (tertiary/aromatic N) is 1. The molecule has 0 saturated carbocycles. The lowest BCUT2D eigenvalue weighted by Crippen LogP contribution is -2.27. The Balaban J connectivity index is 1.53. The van der Waals surface area contributed by atoms with Gasteiger partial charge in [-0.1, -0.05) is 52.0 Å². The number of H-pyrrole nitrogens is 1. The maximum Gasteiger partial charge on any atom is 0.259 e. The molecule has 2 N–H and O–H groups in total. The van der Waals surface area contributed by atoms with Crippen LogP contribution in [0, 0.1) is 5.92 Å². The number of benzene rings is 1. The van der Waals surface area contributed by atoms with Crippen molar-refractivity contribution in [1.29, 1.82) is 0 Å². The van der Waals surface area contributed by atoms with E-state index in [0.717, 1.165) is 41.7 Å². The van der Waals surface area contributed by atoms with E-state index < -0.39 is 0 Å². The molecule has 0 bridgehead atoms. The van der Waals surface area contributed by atoms with Gasteiger partial charge in [-0.15, -0.1) is 11.3 Å². The van der Waals surface area contributed by atoms with Crippen molar-refractivity contribution in [3.8, 4) is 0 Å². The number of hydrogen-bond donors (Lipinski definition) is 2. The second-order valence-corrected chi connectivity index (χ2v) is 9.71. The number of rotatable bonds is 7. The van der Waals surface area contributed by atoms with Gasteiger partial charge in [-0.25, -0.2) is 4.98 Å². The summed E-state index contributed by atoms with van der Waals surface area (Å²) in [6.07, 6.45) is 4.41. The van der Waals surface area contributed by atoms with Crippen molar-refractivity contribution in [3.05, 3.63) is 62.0 Å². The van der Waals surface area contributed by atoms with Crippen LogP contribution in [0.3, 0.4) is 0 Å². The Hall–Kier alpha value is -1.98. The van der Waals surface area contributed by atoms with Crippen LogP contribution < -0.4 is 10.9 Å². The summed E-state index contributed by atoms with van der Waals surface area (Å²) in [7, 11) is 0. The molecule has 0 amide bonds. The summed E-state index contributed by atoms with van der Waals surface area (Å²) in [6.45, 7) is 9.51. The Morgan fingerprint density at radius 1 is 1.14 bits per heavy atom. The molecule has 1 aromatic carbocycles. The van der Waals surface area contributed by atoms with Crippen LogP contribution in [0.2, 0.25) is 0 Å². The number of hydrogen-bond acceptors (Lipinski definition) is 4. The number of aryl methyl sites for hydroxylation is 2. The highest BCUT2D eigenvalue weighted by atomic mass is 32.1. The highest BCUT2D eigenvalue weighted by Crippen LogP contribution is 2.34. The third-order valence-corrected chi connectivity index (χ3v) is 7.44. The smallest absolute Gasteiger partial charge is 0.259 e. The van der Waals surface area contributed by atoms with Crippen molar-refractivity contribution in [2.24, 2.45) is 5.92 Å². The predicted molar refractivity (Wildman–Crippen MR) is 122 cm³/mol. The molecular weight excluding hydrogens is 378 g/mol. The lowest BCUT2D eigenvalue weighted by Gasteiger charge is -2.23. The maximum atomic E-state index is 12.7. The molecule has 154 valence electrons. The molecule has 2 atom stereocenters. The second kappa shape index (κ2) is 8.41. The van der Waals surface area contributed by atoms with Crippen LogP contribution in [0.1, 0.15) is 79.9 Å². The zero-order valence-electron chi connectivity index (χ0n) is 17.8. The van der Waals surface area contributed by atoms with Gasteiger partial charge in [0.2, 0.25) is 0 Å². The van der Waals surface area contributed by atoms with Gasteiger partial charge in [0.1, 0.15) is 10.7 Å². The van der Waals surface area contributed by atoms with E-state index in [1.54, 1.807) is 11.3 Å². The van der Waals surface area contributed by atoms with E-state index in [-0.39, 0.29) is 11.6 Å². The van der Waals surface area contributed by atoms with Gasteiger partial charge in [0.25, 0.3) is 5.56 Å². The fourth-order valence-corrected chi connectivity index (χ4v) is 5.62. The Morgan fingerprint density at radius 3 is 2.55 bits per heavy atom. The van der Waals surface area contributed by atoms with E-state index >= 15 is 0 Å². The first-order valence-electron chi connectivity index (χ1n) is 10.8. The van der Waals surface area contributed by atoms with E-state index in [1.807, 2.05) is 0 Å². The summed E-state index contributed by atoms with van der Waals surface area (Å²) < 4.78 is 0. The van der Waals surface area contributed by atoms with Crippen molar-refractivity contribution >= 4 is 21.6 Å². The Bertz CT molecular complexity index is 1050. The summed E-state index contributed by atoms with van der Waals surface area (Å²) in [5.74, 6) is 1.75. The van der Waals surface area contributed by atoms with Gasteiger partial charge in [0.15, 0.2) is 0 Å². The number of aromatic nitrogens is 2. The number of nitrogens with one attached hydrogen (secondary N) is 2. The summed E-state index contributed by atoms with van der Waals surface area (Å²) in [6, 6.07) is 9.19. The van der Waals surface area contributed by atoms with Crippen LogP contribution in [0.15, 0.2) is 29.1 Å². The molecule has 2 unspecified atom stereocenters. The van der Waals surface area contributed by atoms with Gasteiger partial charge >= 0.3 is 0 Å². The molecule has 1 aliphatic rings. The lowest BCUT2D eigenvalue weighted by molar-refractivity contribution is 0.406. The van der Waals surface area contributed by atoms with E-state index in [2.05, 4.69) is 62.3 Å². The third-order valence-electron chi connectivity index (χ3n) is 6.26. The zero-order valence-corrected chi connectivity index (χ0v) is 18.7. The minimum absolute atomic E-state index is 0.0187. The first-order valence-corrected chi connectivity index (χ1v) is 11.7. The SMILES string of the molecule is CCC(C)c1ccc(C(NCc2nc3sc4c(c3c(=O)[nH]2)CCC4)C(C)C)cc1. The molecule has 2 aromatic heterocycles. The molecule has 0 spiro atoms. The highest BCUT2D eigenvalue weighted by molar-refractivity contribution is 7.18. The number of thiophene rings is 1. The summed E-state index contributed by atoms with van der Waals surface area (Å²) in [5.41, 5.74) is 3.93. The molecule has 4 nitrogen and oxygen atoms in total. The molecule has 0 aliphatic heterocycles. The van der Waals surface area contributed by atoms with Crippen LogP contribution in [0.5, 0.6) is 0 Å². The van der Waals surface area contributed by atoms with E-state index in [4.69, 9.17) is 4.98 Å². The third kappa shape index (κ3) is 4.03. The molecule has 4 rings (SSSR count). The standard InChI is InChI=1S/C24H31N3OS/c1-5-15(4)16-9-11-17(12-10-16)22(14(2)3)25-13-20-26-23(28)21-18-7-6-8-19(18)29-24(21)27-20/h9-12,14-15,22,25H,5-8,13H2,1-4H3,(H,26,27,28). The maximum absolute atomic E-state index is 12.7. The van der Waals surface area contributed by atoms with Crippen LogP contribution in [-0.2, 0) is 19.4 Å². The van der Waals surface area contributed by atoms with Crippen LogP contribution in [0.4, 0.5) is 0 Å². The Morgan fingerprint density at radius 2 is 1.86 bits per heavy atom. The number of fused-ring (bicyclic) bond motifs is 3. The topological polar surface area (TPSA) is 57.8 Å². The Kier molecular flexibility index (Phi) is 5.88. The predicted octanol–water partition coefficient (Wildman–Crippen LogP) is 5.47. The van der Waals surface area contributed by atoms with E-state index in [0.29, 0.717) is 18.4 Å². The first kappa shape index (κ1) is 20.3. The molecule has 3 aromatic rings. The molecular formula is C24H31N3OS. The molecule has 0 saturated heterocycles. The molecule has 0 fully saturated rings. The fraction of sp³-hybridized carbons (Fsp3) is 0.500. The summed E-state index contributed by atoms with van der Waals surface area (Å²) >= 11 is 1.70. The van der Waals surface area contributed by atoms with Gasteiger partial charge in [-0.3, -0.25) is 4.79 Å². The average molecular weight is 410 g/mol. The highest BCUT2D eigenvalue weighted by Gasteiger charge is 2.22. The fourth-order valence-electron chi connectivity index (χ4n) is 4.34. The zero-order chi connectivity index (χ0) is 20.5. The lowest BCUT2D eigenvalue weighted by atomic mass is 9.92. The Labute approximate surface area is 176 Å². The molecule has 29 heavy (non-hydrogen) atoms. The van der Waals surface area contributed by atoms with Crippen molar-refractivity contribution in [2.75, 3.05) is 0 Å². The van der Waals surface area contributed by atoms with Gasteiger partial charge in [-0.05, 0) is 54.2 Å². The minimum atomic E-state index is 0.0187. The molecule has 5 heteroatoms. The van der Waals surface area contributed by atoms with Gasteiger partial charge in [-0.2, -0.15) is 0 Å². The van der Waals surface area contributed by atoms with Crippen LogP contribution in [-0.4, -0.2) is 9.97 Å². The van der Waals surface area contributed by atoms with Crippen molar-refractivity contribution in [3.63, 3.8) is 0 Å². The van der Waals surface area contributed by atoms with Crippen molar-refractivity contribution in [2.45, 2.75) is 71.9 Å². The van der Waals surface area contributed by atoms with Crippen molar-refractivity contribution in [1.82, 2.24) is 15.3 Å². The molecule has 0 radical (unpaired) electrons. The summed E-state index contributed by atoms with van der Waals surface area (Å²) in [5, 5.41) is 4.45. The minimum Gasteiger partial charge on any atom is -0.309 e. The van der Waals surface area contributed by atoms with Gasteiger partial charge < -0.3 is 10.3 Å². The largest absolute Gasteiger partial charge is 0.309 e. The quantitative estimate of drug-likeness (QED) is 0.544. The van der Waals surface area contributed by atoms with E-state index in [1.165, 1.54) is 21.6 Å². The second-order valence-electron chi connectivity index (χ2n) is 8.63. The van der Waals surface area contributed by atoms with Crippen LogP contribution >= 0.6 is 11.3 Å². The first-order chi connectivity index (χ1) is 14.0. The summed E-state index contributed by atoms with van der Waals surface area (Å²) in [4.78, 5) is 22.7. The average Bonchev–Trinajstić information content (AvgIpc) is 3.28.